The summed E-state index contributed by atoms with van der Waals surface area (Å²) < 4.78 is 38.7. The average molecular weight is 382 g/mol. The SMILES string of the molecule is O=[N+]([O-])c1cnc(C(F)(F)F)cc1NCc1ccc(Br)s1. The van der Waals surface area contributed by atoms with Crippen molar-refractivity contribution in [2.75, 3.05) is 5.32 Å². The summed E-state index contributed by atoms with van der Waals surface area (Å²) in [5.74, 6) is 0. The lowest BCUT2D eigenvalue weighted by atomic mass is 10.2. The molecule has 0 radical (unpaired) electrons. The quantitative estimate of drug-likeness (QED) is 0.627. The zero-order valence-electron chi connectivity index (χ0n) is 10.1. The molecule has 1 N–H and O–H groups in total. The van der Waals surface area contributed by atoms with E-state index in [0.29, 0.717) is 12.3 Å². The van der Waals surface area contributed by atoms with Crippen LogP contribution < -0.4 is 5.32 Å². The van der Waals surface area contributed by atoms with Gasteiger partial charge in [-0.15, -0.1) is 11.3 Å². The third kappa shape index (κ3) is 3.91. The highest BCUT2D eigenvalue weighted by Gasteiger charge is 2.34. The van der Waals surface area contributed by atoms with Crippen LogP contribution >= 0.6 is 27.3 Å². The Balaban J connectivity index is 2.28. The molecule has 0 fully saturated rings. The van der Waals surface area contributed by atoms with Gasteiger partial charge in [0, 0.05) is 11.4 Å². The molecule has 2 aromatic heterocycles. The minimum Gasteiger partial charge on any atom is -0.374 e. The van der Waals surface area contributed by atoms with Crippen molar-refractivity contribution in [1.29, 1.82) is 0 Å². The van der Waals surface area contributed by atoms with Crippen LogP contribution in [0.3, 0.4) is 0 Å². The Morgan fingerprint density at radius 3 is 2.67 bits per heavy atom. The zero-order chi connectivity index (χ0) is 15.6. The molecule has 21 heavy (non-hydrogen) atoms. The van der Waals surface area contributed by atoms with Crippen molar-refractivity contribution < 1.29 is 18.1 Å². The summed E-state index contributed by atoms with van der Waals surface area (Å²) in [7, 11) is 0. The van der Waals surface area contributed by atoms with Gasteiger partial charge in [-0.1, -0.05) is 0 Å². The Kier molecular flexibility index (Phi) is 4.47. The number of rotatable bonds is 4. The van der Waals surface area contributed by atoms with E-state index < -0.39 is 22.5 Å². The van der Waals surface area contributed by atoms with Gasteiger partial charge in [0.1, 0.15) is 17.6 Å². The van der Waals surface area contributed by atoms with Gasteiger partial charge in [0.25, 0.3) is 0 Å². The summed E-state index contributed by atoms with van der Waals surface area (Å²) in [6.07, 6.45) is -4.05. The molecule has 0 aromatic carbocycles. The molecular formula is C11H7BrF3N3O2S. The van der Waals surface area contributed by atoms with Gasteiger partial charge in [-0.05, 0) is 34.1 Å². The number of thiophene rings is 1. The molecule has 0 amide bonds. The lowest BCUT2D eigenvalue weighted by Gasteiger charge is -2.09. The van der Waals surface area contributed by atoms with Gasteiger partial charge in [0.2, 0.25) is 0 Å². The number of nitro groups is 1. The second kappa shape index (κ2) is 5.98. The van der Waals surface area contributed by atoms with Crippen molar-refractivity contribution >= 4 is 38.6 Å². The molecule has 2 rings (SSSR count). The van der Waals surface area contributed by atoms with E-state index in [0.717, 1.165) is 8.66 Å². The van der Waals surface area contributed by atoms with Gasteiger partial charge in [-0.25, -0.2) is 4.98 Å². The second-order valence-corrected chi connectivity index (χ2v) is 6.45. The Hall–Kier alpha value is -1.68. The number of aromatic nitrogens is 1. The zero-order valence-corrected chi connectivity index (χ0v) is 12.6. The number of halogens is 4. The maximum absolute atomic E-state index is 12.6. The Bertz CT molecular complexity index is 675. The number of hydrogen-bond acceptors (Lipinski definition) is 5. The van der Waals surface area contributed by atoms with Crippen LogP contribution in [0.5, 0.6) is 0 Å². The van der Waals surface area contributed by atoms with E-state index in [2.05, 4.69) is 26.2 Å². The molecule has 0 spiro atoms. The van der Waals surface area contributed by atoms with E-state index >= 15 is 0 Å². The molecule has 2 heterocycles. The highest BCUT2D eigenvalue weighted by Crippen LogP contribution is 2.33. The molecule has 2 aromatic rings. The molecule has 0 aliphatic carbocycles. The van der Waals surface area contributed by atoms with E-state index in [1.165, 1.54) is 11.3 Å². The van der Waals surface area contributed by atoms with Crippen LogP contribution in [-0.2, 0) is 12.7 Å². The number of pyridine rings is 1. The first-order chi connectivity index (χ1) is 9.77. The first-order valence-corrected chi connectivity index (χ1v) is 7.08. The second-order valence-electron chi connectivity index (χ2n) is 3.90. The van der Waals surface area contributed by atoms with Crippen molar-refractivity contribution in [2.45, 2.75) is 12.7 Å². The summed E-state index contributed by atoms with van der Waals surface area (Å²) >= 11 is 4.63. The Morgan fingerprint density at radius 2 is 2.14 bits per heavy atom. The first kappa shape index (κ1) is 15.7. The molecule has 0 aliphatic rings. The monoisotopic (exact) mass is 381 g/mol. The molecule has 0 bridgehead atoms. The van der Waals surface area contributed by atoms with E-state index in [1.54, 1.807) is 12.1 Å². The van der Waals surface area contributed by atoms with Crippen molar-refractivity contribution in [3.63, 3.8) is 0 Å². The number of anilines is 1. The van der Waals surface area contributed by atoms with Crippen LogP contribution in [0.2, 0.25) is 0 Å². The molecule has 10 heteroatoms. The molecule has 0 aliphatic heterocycles. The Morgan fingerprint density at radius 1 is 1.43 bits per heavy atom. The van der Waals surface area contributed by atoms with Gasteiger partial charge < -0.3 is 5.32 Å². The fraction of sp³-hybridized carbons (Fsp3) is 0.182. The minimum absolute atomic E-state index is 0.179. The largest absolute Gasteiger partial charge is 0.433 e. The summed E-state index contributed by atoms with van der Waals surface area (Å²) in [4.78, 5) is 14.0. The van der Waals surface area contributed by atoms with Gasteiger partial charge in [-0.3, -0.25) is 10.1 Å². The van der Waals surface area contributed by atoms with Crippen LogP contribution in [0.25, 0.3) is 0 Å². The third-order valence-electron chi connectivity index (χ3n) is 2.45. The fourth-order valence-corrected chi connectivity index (χ4v) is 2.94. The lowest BCUT2D eigenvalue weighted by molar-refractivity contribution is -0.384. The van der Waals surface area contributed by atoms with Crippen molar-refractivity contribution in [3.05, 3.63) is 48.9 Å². The maximum atomic E-state index is 12.6. The van der Waals surface area contributed by atoms with Crippen LogP contribution in [-0.4, -0.2) is 9.91 Å². The predicted molar refractivity (Wildman–Crippen MR) is 75.2 cm³/mol. The van der Waals surface area contributed by atoms with E-state index in [9.17, 15) is 23.3 Å². The molecule has 0 saturated carbocycles. The smallest absolute Gasteiger partial charge is 0.374 e. The lowest BCUT2D eigenvalue weighted by Crippen LogP contribution is -2.10. The number of nitrogens with zero attached hydrogens (tertiary/aromatic N) is 2. The van der Waals surface area contributed by atoms with Crippen LogP contribution in [0, 0.1) is 10.1 Å². The topological polar surface area (TPSA) is 68.1 Å². The summed E-state index contributed by atoms with van der Waals surface area (Å²) in [6, 6.07) is 4.18. The van der Waals surface area contributed by atoms with Gasteiger partial charge in [-0.2, -0.15) is 13.2 Å². The molecule has 0 saturated heterocycles. The maximum Gasteiger partial charge on any atom is 0.433 e. The normalized spacial score (nSPS) is 11.4. The van der Waals surface area contributed by atoms with Gasteiger partial charge in [0.15, 0.2) is 0 Å². The summed E-state index contributed by atoms with van der Waals surface area (Å²) in [5.41, 5.74) is -1.89. The van der Waals surface area contributed by atoms with Crippen molar-refractivity contribution in [2.24, 2.45) is 0 Å². The summed E-state index contributed by atoms with van der Waals surface area (Å²) in [6.45, 7) is 0.179. The molecule has 0 unspecified atom stereocenters. The predicted octanol–water partition coefficient (Wildman–Crippen LogP) is 4.44. The number of hydrogen-bond donors (Lipinski definition) is 1. The van der Waals surface area contributed by atoms with E-state index in [4.69, 9.17) is 0 Å². The van der Waals surface area contributed by atoms with Gasteiger partial charge in [0.05, 0.1) is 8.71 Å². The van der Waals surface area contributed by atoms with Crippen LogP contribution in [0.1, 0.15) is 10.6 Å². The minimum atomic E-state index is -4.66. The van der Waals surface area contributed by atoms with Crippen molar-refractivity contribution in [3.8, 4) is 0 Å². The fourth-order valence-electron chi connectivity index (χ4n) is 1.52. The van der Waals surface area contributed by atoms with E-state index in [1.807, 2.05) is 0 Å². The highest BCUT2D eigenvalue weighted by molar-refractivity contribution is 9.11. The molecule has 5 nitrogen and oxygen atoms in total. The van der Waals surface area contributed by atoms with E-state index in [-0.39, 0.29) is 12.2 Å². The molecule has 112 valence electrons. The first-order valence-electron chi connectivity index (χ1n) is 5.47. The standard InChI is InChI=1S/C11H7BrF3N3O2S/c12-10-2-1-6(21-10)4-16-7-3-9(11(13,14)15)17-5-8(7)18(19)20/h1-3,5H,4H2,(H,16,17). The van der Waals surface area contributed by atoms with Crippen LogP contribution in [0.4, 0.5) is 24.5 Å². The van der Waals surface area contributed by atoms with Gasteiger partial charge >= 0.3 is 11.9 Å². The highest BCUT2D eigenvalue weighted by atomic mass is 79.9. The van der Waals surface area contributed by atoms with Crippen molar-refractivity contribution in [1.82, 2.24) is 4.98 Å². The Labute approximate surface area is 129 Å². The molecular weight excluding hydrogens is 375 g/mol. The third-order valence-corrected chi connectivity index (χ3v) is 4.08. The van der Waals surface area contributed by atoms with Crippen LogP contribution in [0.15, 0.2) is 28.2 Å². The summed E-state index contributed by atoms with van der Waals surface area (Å²) in [5, 5.41) is 13.5. The number of nitrogens with one attached hydrogen (secondary N) is 1. The average Bonchev–Trinajstić information content (AvgIpc) is 2.80. The number of alkyl halides is 3. The molecule has 0 atom stereocenters.